The van der Waals surface area contributed by atoms with Crippen molar-refractivity contribution in [2.24, 2.45) is 0 Å². The summed E-state index contributed by atoms with van der Waals surface area (Å²) in [6.07, 6.45) is 1.47. The van der Waals surface area contributed by atoms with Crippen LogP contribution in [0, 0.1) is 5.82 Å². The van der Waals surface area contributed by atoms with Crippen molar-refractivity contribution in [1.82, 2.24) is 10.3 Å². The van der Waals surface area contributed by atoms with Gasteiger partial charge in [0, 0.05) is 27.4 Å². The summed E-state index contributed by atoms with van der Waals surface area (Å²) in [5.41, 5.74) is 4.34. The molecule has 0 saturated carbocycles. The van der Waals surface area contributed by atoms with Gasteiger partial charge in [-0.25, -0.2) is 9.37 Å². The van der Waals surface area contributed by atoms with Crippen molar-refractivity contribution in [3.63, 3.8) is 0 Å². The van der Waals surface area contributed by atoms with Crippen molar-refractivity contribution in [3.05, 3.63) is 150 Å². The number of para-hydroxylation sites is 2. The number of fused-ring (bicyclic) bond motifs is 1. The molecule has 6 rings (SSSR count). The topological polar surface area (TPSA) is 113 Å². The summed E-state index contributed by atoms with van der Waals surface area (Å²) in [4.78, 5) is 44.0. The molecular weight excluding hydrogens is 615 g/mol. The number of carbonyl (C=O) groups is 3. The SMILES string of the molecule is O=C(CSc1ccc(NC(=O)/C(=C/c2ccc(F)cc2)NC(=O)c2ccccc2)cc1)Nc1ccc(-c2nc3ccccc3o2)cc1. The van der Waals surface area contributed by atoms with Gasteiger partial charge in [0.2, 0.25) is 11.8 Å². The average molecular weight is 643 g/mol. The van der Waals surface area contributed by atoms with E-state index in [1.165, 1.54) is 42.1 Å². The summed E-state index contributed by atoms with van der Waals surface area (Å²) in [7, 11) is 0. The zero-order valence-corrected chi connectivity index (χ0v) is 25.6. The molecule has 8 nitrogen and oxygen atoms in total. The van der Waals surface area contributed by atoms with Crippen molar-refractivity contribution < 1.29 is 23.2 Å². The number of carbonyl (C=O) groups excluding carboxylic acids is 3. The van der Waals surface area contributed by atoms with Gasteiger partial charge in [0.15, 0.2) is 5.58 Å². The van der Waals surface area contributed by atoms with Gasteiger partial charge in [0.25, 0.3) is 11.8 Å². The first-order chi connectivity index (χ1) is 22.9. The van der Waals surface area contributed by atoms with E-state index >= 15 is 0 Å². The van der Waals surface area contributed by atoms with Crippen LogP contribution in [0.1, 0.15) is 15.9 Å². The lowest BCUT2D eigenvalue weighted by molar-refractivity contribution is -0.114. The van der Waals surface area contributed by atoms with Gasteiger partial charge in [-0.05, 0) is 96.6 Å². The Morgan fingerprint density at radius 2 is 1.40 bits per heavy atom. The van der Waals surface area contributed by atoms with Gasteiger partial charge in [-0.15, -0.1) is 11.8 Å². The van der Waals surface area contributed by atoms with Crippen molar-refractivity contribution in [3.8, 4) is 11.5 Å². The third-order valence-corrected chi connectivity index (χ3v) is 7.91. The maximum absolute atomic E-state index is 13.4. The van der Waals surface area contributed by atoms with Crippen LogP contribution < -0.4 is 16.0 Å². The standard InChI is InChI=1S/C37H27FN4O4S/c38-27-14-10-24(11-15-27)22-32(41-35(44)25-6-2-1-3-7-25)36(45)40-29-18-20-30(21-19-29)47-23-34(43)39-28-16-12-26(13-17-28)37-42-31-8-4-5-9-33(31)46-37/h1-22H,23H2,(H,39,43)(H,40,45)(H,41,44)/b32-22-. The number of thioether (sulfide) groups is 1. The van der Waals surface area contributed by atoms with Crippen molar-refractivity contribution in [2.75, 3.05) is 16.4 Å². The van der Waals surface area contributed by atoms with E-state index in [0.29, 0.717) is 34.0 Å². The summed E-state index contributed by atoms with van der Waals surface area (Å²) in [6.45, 7) is 0. The lowest BCUT2D eigenvalue weighted by Gasteiger charge is -2.12. The van der Waals surface area contributed by atoms with Crippen molar-refractivity contribution in [2.45, 2.75) is 4.90 Å². The number of rotatable bonds is 10. The number of nitrogens with zero attached hydrogens (tertiary/aromatic N) is 1. The fourth-order valence-corrected chi connectivity index (χ4v) is 5.24. The molecule has 0 saturated heterocycles. The van der Waals surface area contributed by atoms with E-state index in [4.69, 9.17) is 4.42 Å². The summed E-state index contributed by atoms with van der Waals surface area (Å²) in [6, 6.07) is 35.9. The van der Waals surface area contributed by atoms with Gasteiger partial charge in [-0.3, -0.25) is 14.4 Å². The maximum atomic E-state index is 13.4. The van der Waals surface area contributed by atoms with E-state index < -0.39 is 17.6 Å². The highest BCUT2D eigenvalue weighted by Crippen LogP contribution is 2.26. The first-order valence-corrected chi connectivity index (χ1v) is 15.5. The number of oxazole rings is 1. The zero-order chi connectivity index (χ0) is 32.6. The molecule has 1 aromatic heterocycles. The number of anilines is 2. The largest absolute Gasteiger partial charge is 0.436 e. The van der Waals surface area contributed by atoms with E-state index in [2.05, 4.69) is 20.9 Å². The van der Waals surface area contributed by atoms with Crippen LogP contribution in [0.5, 0.6) is 0 Å². The van der Waals surface area contributed by atoms with E-state index in [0.717, 1.165) is 16.0 Å². The number of aromatic nitrogens is 1. The second-order valence-corrected chi connectivity index (χ2v) is 11.4. The summed E-state index contributed by atoms with van der Waals surface area (Å²) in [5.74, 6) is -0.917. The van der Waals surface area contributed by atoms with Crippen LogP contribution >= 0.6 is 11.8 Å². The van der Waals surface area contributed by atoms with Crippen LogP contribution in [0.15, 0.2) is 142 Å². The molecular formula is C37H27FN4O4S. The minimum Gasteiger partial charge on any atom is -0.436 e. The third kappa shape index (κ3) is 8.19. The Labute approximate surface area is 273 Å². The van der Waals surface area contributed by atoms with E-state index in [-0.39, 0.29) is 17.4 Å². The smallest absolute Gasteiger partial charge is 0.272 e. The van der Waals surface area contributed by atoms with Crippen molar-refractivity contribution in [1.29, 1.82) is 0 Å². The molecule has 3 N–H and O–H groups in total. The Hall–Kier alpha value is -6.00. The van der Waals surface area contributed by atoms with E-state index in [1.54, 1.807) is 66.7 Å². The minimum absolute atomic E-state index is 0.0116. The molecule has 0 fully saturated rings. The number of hydrogen-bond donors (Lipinski definition) is 3. The molecule has 0 unspecified atom stereocenters. The molecule has 5 aromatic carbocycles. The van der Waals surface area contributed by atoms with Crippen LogP contribution in [0.25, 0.3) is 28.6 Å². The highest BCUT2D eigenvalue weighted by molar-refractivity contribution is 8.00. The highest BCUT2D eigenvalue weighted by Gasteiger charge is 2.16. The van der Waals surface area contributed by atoms with Crippen LogP contribution in [0.2, 0.25) is 0 Å². The number of amides is 3. The molecule has 0 aliphatic heterocycles. The first-order valence-electron chi connectivity index (χ1n) is 14.5. The quantitative estimate of drug-likeness (QED) is 0.104. The molecule has 0 radical (unpaired) electrons. The Balaban J connectivity index is 1.04. The van der Waals surface area contributed by atoms with Crippen molar-refractivity contribution >= 4 is 58.0 Å². The first kappa shape index (κ1) is 31.0. The molecule has 0 aliphatic rings. The average Bonchev–Trinajstić information content (AvgIpc) is 3.54. The van der Waals surface area contributed by atoms with Crippen LogP contribution in [-0.2, 0) is 9.59 Å². The Kier molecular flexibility index (Phi) is 9.50. The van der Waals surface area contributed by atoms with Gasteiger partial charge < -0.3 is 20.4 Å². The van der Waals surface area contributed by atoms with Gasteiger partial charge in [0.05, 0.1) is 5.75 Å². The lowest BCUT2D eigenvalue weighted by atomic mass is 10.1. The number of nitrogens with one attached hydrogen (secondary N) is 3. The molecule has 10 heteroatoms. The van der Waals surface area contributed by atoms with E-state index in [1.807, 2.05) is 36.4 Å². The number of halogens is 1. The molecule has 1 heterocycles. The number of hydrogen-bond acceptors (Lipinski definition) is 6. The van der Waals surface area contributed by atoms with E-state index in [9.17, 15) is 18.8 Å². The fraction of sp³-hybridized carbons (Fsp3) is 0.0270. The Bertz CT molecular complexity index is 2030. The second kappa shape index (κ2) is 14.4. The number of benzene rings is 5. The lowest BCUT2D eigenvalue weighted by Crippen LogP contribution is -2.30. The molecule has 0 bridgehead atoms. The van der Waals surface area contributed by atoms with Gasteiger partial charge in [0.1, 0.15) is 17.0 Å². The molecule has 232 valence electrons. The van der Waals surface area contributed by atoms with Crippen LogP contribution in [-0.4, -0.2) is 28.5 Å². The molecule has 0 aliphatic carbocycles. The van der Waals surface area contributed by atoms with Gasteiger partial charge in [-0.2, -0.15) is 0 Å². The molecule has 3 amide bonds. The Morgan fingerprint density at radius 3 is 2.13 bits per heavy atom. The monoisotopic (exact) mass is 642 g/mol. The normalized spacial score (nSPS) is 11.2. The molecule has 0 spiro atoms. The fourth-order valence-electron chi connectivity index (χ4n) is 4.54. The third-order valence-electron chi connectivity index (χ3n) is 6.90. The Morgan fingerprint density at radius 1 is 0.745 bits per heavy atom. The summed E-state index contributed by atoms with van der Waals surface area (Å²) < 4.78 is 19.2. The second-order valence-electron chi connectivity index (χ2n) is 10.3. The molecule has 6 aromatic rings. The van der Waals surface area contributed by atoms with Crippen LogP contribution in [0.3, 0.4) is 0 Å². The molecule has 0 atom stereocenters. The minimum atomic E-state index is -0.555. The molecule has 47 heavy (non-hydrogen) atoms. The van der Waals surface area contributed by atoms with Crippen LogP contribution in [0.4, 0.5) is 15.8 Å². The highest BCUT2D eigenvalue weighted by atomic mass is 32.2. The predicted octanol–water partition coefficient (Wildman–Crippen LogP) is 7.77. The van der Waals surface area contributed by atoms with Gasteiger partial charge >= 0.3 is 0 Å². The zero-order valence-electron chi connectivity index (χ0n) is 24.8. The van der Waals surface area contributed by atoms with Gasteiger partial charge in [-0.1, -0.05) is 42.5 Å². The maximum Gasteiger partial charge on any atom is 0.272 e. The summed E-state index contributed by atoms with van der Waals surface area (Å²) >= 11 is 1.34. The predicted molar refractivity (Wildman–Crippen MR) is 182 cm³/mol. The summed E-state index contributed by atoms with van der Waals surface area (Å²) in [5, 5.41) is 8.33.